The molecule has 1 heterocycles. The Morgan fingerprint density at radius 2 is 2.11 bits per heavy atom. The molecule has 2 rings (SSSR count). The van der Waals surface area contributed by atoms with Gasteiger partial charge in [-0.3, -0.25) is 9.69 Å². The molecule has 0 amide bonds. The lowest BCUT2D eigenvalue weighted by atomic mass is 9.86. The van der Waals surface area contributed by atoms with E-state index < -0.39 is 6.10 Å². The smallest absolute Gasteiger partial charge is 0.310 e. The van der Waals surface area contributed by atoms with Gasteiger partial charge >= 0.3 is 5.97 Å². The van der Waals surface area contributed by atoms with Crippen LogP contribution in [0.4, 0.5) is 0 Å². The van der Waals surface area contributed by atoms with Crippen molar-refractivity contribution < 1.29 is 19.4 Å². The summed E-state index contributed by atoms with van der Waals surface area (Å²) in [7, 11) is 0. The highest BCUT2D eigenvalue weighted by Crippen LogP contribution is 2.27. The molecule has 0 radical (unpaired) electrons. The van der Waals surface area contributed by atoms with Gasteiger partial charge in [0, 0.05) is 13.1 Å². The molecule has 1 aromatic rings. The molecule has 0 aromatic heterocycles. The summed E-state index contributed by atoms with van der Waals surface area (Å²) in [4.78, 5) is 14.1. The minimum atomic E-state index is -0.590. The number of hydrogen-bond donors (Lipinski definition) is 1. The molecule has 1 fully saturated rings. The second-order valence-electron chi connectivity index (χ2n) is 8.55. The maximum absolute atomic E-state index is 11.9. The molecule has 1 aromatic carbocycles. The number of piperidine rings is 1. The van der Waals surface area contributed by atoms with E-state index in [-0.39, 0.29) is 23.9 Å². The molecule has 1 saturated heterocycles. The van der Waals surface area contributed by atoms with Gasteiger partial charge < -0.3 is 14.6 Å². The molecule has 2 atom stereocenters. The zero-order chi connectivity index (χ0) is 20.0. The van der Waals surface area contributed by atoms with Crippen LogP contribution in [0.5, 0.6) is 5.75 Å². The van der Waals surface area contributed by atoms with Crippen molar-refractivity contribution in [1.82, 2.24) is 4.90 Å². The summed E-state index contributed by atoms with van der Waals surface area (Å²) >= 11 is 0. The number of esters is 1. The van der Waals surface area contributed by atoms with Gasteiger partial charge in [-0.15, -0.1) is 0 Å². The topological polar surface area (TPSA) is 59.0 Å². The number of aliphatic hydroxyl groups is 1. The molecule has 0 aliphatic carbocycles. The number of carbonyl (C=O) groups excluding carboxylic acids is 1. The Balaban J connectivity index is 1.84. The van der Waals surface area contributed by atoms with E-state index in [0.29, 0.717) is 19.7 Å². The predicted molar refractivity (Wildman–Crippen MR) is 107 cm³/mol. The number of ether oxygens (including phenoxy) is 2. The maximum atomic E-state index is 11.9. The average molecular weight is 378 g/mol. The van der Waals surface area contributed by atoms with Gasteiger partial charge in [-0.25, -0.2) is 0 Å². The number of aliphatic hydroxyl groups excluding tert-OH is 1. The van der Waals surface area contributed by atoms with Gasteiger partial charge in [0.05, 0.1) is 12.5 Å². The molecule has 27 heavy (non-hydrogen) atoms. The lowest BCUT2D eigenvalue weighted by molar-refractivity contribution is -0.150. The second-order valence-corrected chi connectivity index (χ2v) is 8.55. The molecule has 152 valence electrons. The number of hydrogen-bond acceptors (Lipinski definition) is 5. The summed E-state index contributed by atoms with van der Waals surface area (Å²) in [6.45, 7) is 13.1. The first kappa shape index (κ1) is 21.7. The Bertz CT molecular complexity index is 623. The number of β-amino-alcohol motifs (C(OH)–C–C–N with tert-alkyl or cyclic N) is 1. The van der Waals surface area contributed by atoms with Crippen LogP contribution in [-0.2, 0) is 14.9 Å². The maximum Gasteiger partial charge on any atom is 0.310 e. The lowest BCUT2D eigenvalue weighted by Crippen LogP contribution is -2.44. The molecule has 5 heteroatoms. The van der Waals surface area contributed by atoms with E-state index >= 15 is 0 Å². The third-order valence-electron chi connectivity index (χ3n) is 5.07. The van der Waals surface area contributed by atoms with E-state index in [0.717, 1.165) is 30.7 Å². The van der Waals surface area contributed by atoms with Gasteiger partial charge in [-0.2, -0.15) is 0 Å². The molecule has 1 N–H and O–H groups in total. The van der Waals surface area contributed by atoms with Crippen LogP contribution in [0.15, 0.2) is 18.2 Å². The van der Waals surface area contributed by atoms with Crippen molar-refractivity contribution in [3.63, 3.8) is 0 Å². The molecule has 0 spiro atoms. The minimum absolute atomic E-state index is 0.0843. The quantitative estimate of drug-likeness (QED) is 0.739. The molecular weight excluding hydrogens is 342 g/mol. The number of likely N-dealkylation sites (tertiary alicyclic amines) is 1. The summed E-state index contributed by atoms with van der Waals surface area (Å²) in [5.74, 6) is 0.603. The summed E-state index contributed by atoms with van der Waals surface area (Å²) in [5, 5.41) is 10.4. The number of nitrogens with zero attached hydrogens (tertiary/aromatic N) is 1. The number of carbonyl (C=O) groups is 1. The fourth-order valence-electron chi connectivity index (χ4n) is 3.49. The zero-order valence-corrected chi connectivity index (χ0v) is 17.5. The van der Waals surface area contributed by atoms with E-state index in [2.05, 4.69) is 37.8 Å². The second kappa shape index (κ2) is 9.56. The molecule has 0 unspecified atom stereocenters. The Morgan fingerprint density at radius 1 is 1.37 bits per heavy atom. The Kier molecular flexibility index (Phi) is 7.68. The SMILES string of the molecule is CCOC(=O)[C@H]1CCCN(C[C@@H](O)COc2ccc(C(C)(C)C)cc2C)C1. The van der Waals surface area contributed by atoms with E-state index in [1.807, 2.05) is 19.9 Å². The lowest BCUT2D eigenvalue weighted by Gasteiger charge is -2.32. The van der Waals surface area contributed by atoms with Gasteiger partial charge in [0.25, 0.3) is 0 Å². The Labute approximate surface area is 163 Å². The van der Waals surface area contributed by atoms with Crippen molar-refractivity contribution in [2.75, 3.05) is 32.8 Å². The Hall–Kier alpha value is -1.59. The molecule has 5 nitrogen and oxygen atoms in total. The van der Waals surface area contributed by atoms with E-state index in [1.165, 1.54) is 5.56 Å². The van der Waals surface area contributed by atoms with Gasteiger partial charge in [0.1, 0.15) is 18.5 Å². The van der Waals surface area contributed by atoms with Crippen LogP contribution in [0.25, 0.3) is 0 Å². The average Bonchev–Trinajstić information content (AvgIpc) is 2.60. The van der Waals surface area contributed by atoms with E-state index in [1.54, 1.807) is 0 Å². The van der Waals surface area contributed by atoms with Crippen LogP contribution >= 0.6 is 0 Å². The summed E-state index contributed by atoms with van der Waals surface area (Å²) in [5.41, 5.74) is 2.45. The van der Waals surface area contributed by atoms with Crippen molar-refractivity contribution in [3.8, 4) is 5.75 Å². The number of rotatable bonds is 7. The highest BCUT2D eigenvalue weighted by Gasteiger charge is 2.27. The third kappa shape index (κ3) is 6.51. The monoisotopic (exact) mass is 377 g/mol. The van der Waals surface area contributed by atoms with Gasteiger partial charge in [-0.05, 0) is 55.8 Å². The summed E-state index contributed by atoms with van der Waals surface area (Å²) in [6, 6.07) is 6.22. The largest absolute Gasteiger partial charge is 0.491 e. The van der Waals surface area contributed by atoms with Gasteiger partial charge in [-0.1, -0.05) is 32.9 Å². The first-order valence-corrected chi connectivity index (χ1v) is 10.0. The van der Waals surface area contributed by atoms with Crippen LogP contribution in [0.3, 0.4) is 0 Å². The number of aryl methyl sites for hydroxylation is 1. The first-order valence-electron chi connectivity index (χ1n) is 10.0. The molecule has 1 aliphatic heterocycles. The minimum Gasteiger partial charge on any atom is -0.491 e. The third-order valence-corrected chi connectivity index (χ3v) is 5.07. The van der Waals surface area contributed by atoms with Crippen molar-refractivity contribution in [3.05, 3.63) is 29.3 Å². The van der Waals surface area contributed by atoms with E-state index in [4.69, 9.17) is 9.47 Å². The van der Waals surface area contributed by atoms with Crippen LogP contribution < -0.4 is 4.74 Å². The fraction of sp³-hybridized carbons (Fsp3) is 0.682. The Morgan fingerprint density at radius 3 is 2.74 bits per heavy atom. The summed E-state index contributed by atoms with van der Waals surface area (Å²) in [6.07, 6.45) is 1.22. The molecular formula is C22H35NO4. The van der Waals surface area contributed by atoms with Gasteiger partial charge in [0.15, 0.2) is 0 Å². The van der Waals surface area contributed by atoms with E-state index in [9.17, 15) is 9.90 Å². The highest BCUT2D eigenvalue weighted by atomic mass is 16.5. The first-order chi connectivity index (χ1) is 12.7. The van der Waals surface area contributed by atoms with Crippen molar-refractivity contribution >= 4 is 5.97 Å². The van der Waals surface area contributed by atoms with Crippen LogP contribution in [0, 0.1) is 12.8 Å². The van der Waals surface area contributed by atoms with Crippen molar-refractivity contribution in [2.24, 2.45) is 5.92 Å². The van der Waals surface area contributed by atoms with Crippen LogP contribution in [0.1, 0.15) is 51.7 Å². The standard InChI is InChI=1S/C22H35NO4/c1-6-26-21(25)17-8-7-11-23(13-17)14-19(24)15-27-20-10-9-18(12-16(20)2)22(3,4)5/h9-10,12,17,19,24H,6-8,11,13-15H2,1-5H3/t17-,19+/m0/s1. The molecule has 1 aliphatic rings. The van der Waals surface area contributed by atoms with Crippen LogP contribution in [-0.4, -0.2) is 54.9 Å². The molecule has 0 bridgehead atoms. The van der Waals surface area contributed by atoms with Crippen LogP contribution in [0.2, 0.25) is 0 Å². The zero-order valence-electron chi connectivity index (χ0n) is 17.5. The highest BCUT2D eigenvalue weighted by molar-refractivity contribution is 5.72. The fourth-order valence-corrected chi connectivity index (χ4v) is 3.49. The van der Waals surface area contributed by atoms with Gasteiger partial charge in [0.2, 0.25) is 0 Å². The number of benzene rings is 1. The van der Waals surface area contributed by atoms with Crippen molar-refractivity contribution in [2.45, 2.75) is 59.0 Å². The molecule has 0 saturated carbocycles. The predicted octanol–water partition coefficient (Wildman–Crippen LogP) is 3.31. The summed E-state index contributed by atoms with van der Waals surface area (Å²) < 4.78 is 11.0. The van der Waals surface area contributed by atoms with Crippen molar-refractivity contribution in [1.29, 1.82) is 0 Å². The normalized spacial score (nSPS) is 19.6.